The number of aliphatic carboxylic acids is 1. The van der Waals surface area contributed by atoms with Gasteiger partial charge in [0.1, 0.15) is 11.5 Å². The van der Waals surface area contributed by atoms with Crippen molar-refractivity contribution in [1.29, 1.82) is 0 Å². The summed E-state index contributed by atoms with van der Waals surface area (Å²) in [7, 11) is -3.16. The fraction of sp³-hybridized carbons (Fsp3) is 0.348. The third-order valence-corrected chi connectivity index (χ3v) is 8.16. The zero-order valence-electron chi connectivity index (χ0n) is 18.2. The number of hydrogen-bond acceptors (Lipinski definition) is 6. The highest BCUT2D eigenvalue weighted by Gasteiger charge is 2.33. The van der Waals surface area contributed by atoms with Crippen LogP contribution in [-0.4, -0.2) is 38.7 Å². The highest BCUT2D eigenvalue weighted by atomic mass is 32.3. The first kappa shape index (κ1) is 24.4. The summed E-state index contributed by atoms with van der Waals surface area (Å²) in [4.78, 5) is 14.1. The van der Waals surface area contributed by atoms with Crippen LogP contribution in [0.3, 0.4) is 0 Å². The number of anilines is 2. The zero-order valence-corrected chi connectivity index (χ0v) is 19.9. The third kappa shape index (κ3) is 5.06. The summed E-state index contributed by atoms with van der Waals surface area (Å²) in [6.45, 7) is 4.23. The molecule has 0 saturated heterocycles. The maximum atomic E-state index is 14.1. The SMILES string of the molecule is CC/C(Oc1cc2c(cc1SC)N(c1ccccc1)CC(CC)CS2(O)O)=C(/F)C(=O)O. The molecule has 6 nitrogen and oxygen atoms in total. The lowest BCUT2D eigenvalue weighted by atomic mass is 10.1. The molecule has 0 spiro atoms. The maximum absolute atomic E-state index is 14.1. The number of para-hydroxylation sites is 1. The van der Waals surface area contributed by atoms with E-state index >= 15 is 0 Å². The molecule has 174 valence electrons. The number of nitrogens with zero attached hydrogens (tertiary/aromatic N) is 1. The molecule has 0 saturated carbocycles. The second-order valence-corrected chi connectivity index (χ2v) is 10.5. The number of carbonyl (C=O) groups is 1. The van der Waals surface area contributed by atoms with Crippen LogP contribution in [0, 0.1) is 5.92 Å². The normalized spacial score (nSPS) is 19.4. The van der Waals surface area contributed by atoms with Gasteiger partial charge in [-0.15, -0.1) is 11.8 Å². The number of thioether (sulfide) groups is 1. The fourth-order valence-corrected chi connectivity index (χ4v) is 6.20. The standard InChI is InChI=1S/C23H28FNO5S2/c1-4-15-13-25(16-9-7-6-8-10-16)17-11-20(31-3)19(12-21(17)32(28,29)14-15)30-18(5-2)22(24)23(26)27/h6-12,15,28-29H,4-5,13-14H2,1-3H3,(H,26,27)/b22-18-. The average Bonchev–Trinajstić information content (AvgIpc) is 2.90. The van der Waals surface area contributed by atoms with Crippen molar-refractivity contribution in [3.05, 3.63) is 54.1 Å². The lowest BCUT2D eigenvalue weighted by molar-refractivity contribution is -0.134. The van der Waals surface area contributed by atoms with Crippen LogP contribution in [0.15, 0.2) is 63.8 Å². The zero-order chi connectivity index (χ0) is 23.5. The molecule has 1 atom stereocenters. The summed E-state index contributed by atoms with van der Waals surface area (Å²) in [5, 5.41) is 9.02. The van der Waals surface area contributed by atoms with Gasteiger partial charge < -0.3 is 14.7 Å². The van der Waals surface area contributed by atoms with E-state index in [-0.39, 0.29) is 29.6 Å². The van der Waals surface area contributed by atoms with Crippen molar-refractivity contribution >= 4 is 39.7 Å². The number of fused-ring (bicyclic) bond motifs is 1. The van der Waals surface area contributed by atoms with E-state index in [1.165, 1.54) is 17.8 Å². The number of benzene rings is 2. The van der Waals surface area contributed by atoms with Crippen LogP contribution < -0.4 is 9.64 Å². The second-order valence-electron chi connectivity index (χ2n) is 7.52. The Labute approximate surface area is 193 Å². The van der Waals surface area contributed by atoms with Crippen LogP contribution in [-0.2, 0) is 4.79 Å². The Morgan fingerprint density at radius 3 is 2.50 bits per heavy atom. The minimum absolute atomic E-state index is 0.0351. The molecule has 0 radical (unpaired) electrons. The van der Waals surface area contributed by atoms with Gasteiger partial charge in [-0.25, -0.2) is 4.79 Å². The molecule has 3 rings (SSSR count). The molecule has 0 fully saturated rings. The van der Waals surface area contributed by atoms with Crippen LogP contribution in [0.4, 0.5) is 15.8 Å². The highest BCUT2D eigenvalue weighted by molar-refractivity contribution is 8.24. The van der Waals surface area contributed by atoms with Crippen LogP contribution in [0.2, 0.25) is 0 Å². The molecule has 9 heteroatoms. The molecule has 0 aromatic heterocycles. The molecule has 1 unspecified atom stereocenters. The lowest BCUT2D eigenvalue weighted by Gasteiger charge is -2.34. The van der Waals surface area contributed by atoms with E-state index in [4.69, 9.17) is 9.84 Å². The van der Waals surface area contributed by atoms with Crippen molar-refractivity contribution in [3.63, 3.8) is 0 Å². The summed E-state index contributed by atoms with van der Waals surface area (Å²) in [6, 6.07) is 13.0. The van der Waals surface area contributed by atoms with Gasteiger partial charge in [0.15, 0.2) is 0 Å². The fourth-order valence-electron chi connectivity index (χ4n) is 3.69. The van der Waals surface area contributed by atoms with E-state index < -0.39 is 22.4 Å². The van der Waals surface area contributed by atoms with Gasteiger partial charge >= 0.3 is 5.97 Å². The van der Waals surface area contributed by atoms with E-state index in [0.717, 1.165) is 12.1 Å². The van der Waals surface area contributed by atoms with Crippen molar-refractivity contribution in [1.82, 2.24) is 0 Å². The van der Waals surface area contributed by atoms with Gasteiger partial charge in [0.25, 0.3) is 0 Å². The number of hydrogen-bond donors (Lipinski definition) is 3. The minimum Gasteiger partial charge on any atom is -0.476 e. The summed E-state index contributed by atoms with van der Waals surface area (Å²) in [6.07, 6.45) is 2.64. The van der Waals surface area contributed by atoms with Crippen molar-refractivity contribution in [2.45, 2.75) is 36.5 Å². The van der Waals surface area contributed by atoms with E-state index in [9.17, 15) is 18.3 Å². The lowest BCUT2D eigenvalue weighted by Crippen LogP contribution is -2.25. The molecular weight excluding hydrogens is 453 g/mol. The number of allylic oxidation sites excluding steroid dienone is 1. The average molecular weight is 482 g/mol. The van der Waals surface area contributed by atoms with Gasteiger partial charge in [-0.3, -0.25) is 9.11 Å². The summed E-state index contributed by atoms with van der Waals surface area (Å²) >= 11 is 1.35. The van der Waals surface area contributed by atoms with Crippen LogP contribution in [0.5, 0.6) is 5.75 Å². The van der Waals surface area contributed by atoms with Crippen LogP contribution in [0.25, 0.3) is 0 Å². The molecular formula is C23H28FNO5S2. The highest BCUT2D eigenvalue weighted by Crippen LogP contribution is 2.59. The largest absolute Gasteiger partial charge is 0.476 e. The van der Waals surface area contributed by atoms with Crippen LogP contribution >= 0.6 is 22.4 Å². The molecule has 1 heterocycles. The maximum Gasteiger partial charge on any atom is 0.368 e. The molecule has 0 amide bonds. The van der Waals surface area contributed by atoms with Gasteiger partial charge in [0, 0.05) is 30.5 Å². The van der Waals surface area contributed by atoms with Crippen molar-refractivity contribution < 1.29 is 28.1 Å². The first-order valence-electron chi connectivity index (χ1n) is 10.3. The Morgan fingerprint density at radius 2 is 1.94 bits per heavy atom. The molecule has 0 aliphatic carbocycles. The van der Waals surface area contributed by atoms with E-state index in [2.05, 4.69) is 4.90 Å². The van der Waals surface area contributed by atoms with E-state index in [0.29, 0.717) is 22.0 Å². The van der Waals surface area contributed by atoms with E-state index in [1.54, 1.807) is 13.0 Å². The molecule has 0 bridgehead atoms. The Hall–Kier alpha value is -2.20. The molecule has 2 aromatic carbocycles. The van der Waals surface area contributed by atoms with Gasteiger partial charge in [-0.1, -0.05) is 38.5 Å². The summed E-state index contributed by atoms with van der Waals surface area (Å²) < 4.78 is 42.0. The smallest absolute Gasteiger partial charge is 0.368 e. The Kier molecular flexibility index (Phi) is 7.76. The monoisotopic (exact) mass is 481 g/mol. The predicted octanol–water partition coefficient (Wildman–Crippen LogP) is 6.75. The topological polar surface area (TPSA) is 90.2 Å². The van der Waals surface area contributed by atoms with Crippen molar-refractivity contribution in [3.8, 4) is 5.75 Å². The number of rotatable bonds is 7. The Bertz CT molecular complexity index is 1010. The quantitative estimate of drug-likeness (QED) is 0.229. The molecule has 3 N–H and O–H groups in total. The molecule has 32 heavy (non-hydrogen) atoms. The number of carboxylic acids is 1. The Balaban J connectivity index is 2.20. The predicted molar refractivity (Wildman–Crippen MR) is 128 cm³/mol. The number of halogens is 1. The number of ether oxygens (including phenoxy) is 1. The number of carboxylic acid groups (broad SMARTS) is 1. The van der Waals surface area contributed by atoms with Crippen LogP contribution in [0.1, 0.15) is 26.7 Å². The van der Waals surface area contributed by atoms with E-state index in [1.807, 2.05) is 43.5 Å². The first-order valence-corrected chi connectivity index (χ1v) is 13.3. The summed E-state index contributed by atoms with van der Waals surface area (Å²) in [5.74, 6) is -2.93. The van der Waals surface area contributed by atoms with Crippen molar-refractivity contribution in [2.24, 2.45) is 5.92 Å². The first-order chi connectivity index (χ1) is 15.2. The summed E-state index contributed by atoms with van der Waals surface area (Å²) in [5.41, 5.74) is 1.58. The minimum atomic E-state index is -3.16. The van der Waals surface area contributed by atoms with Gasteiger partial charge in [-0.05, 0) is 30.4 Å². The Morgan fingerprint density at radius 1 is 1.25 bits per heavy atom. The molecule has 1 aliphatic rings. The van der Waals surface area contributed by atoms with Gasteiger partial charge in [0.2, 0.25) is 5.83 Å². The van der Waals surface area contributed by atoms with Gasteiger partial charge in [-0.2, -0.15) is 15.0 Å². The third-order valence-electron chi connectivity index (χ3n) is 5.43. The second kappa shape index (κ2) is 10.2. The van der Waals surface area contributed by atoms with Gasteiger partial charge in [0.05, 0.1) is 15.5 Å². The molecule has 2 aromatic rings. The molecule has 1 aliphatic heterocycles. The van der Waals surface area contributed by atoms with Crippen molar-refractivity contribution in [2.75, 3.05) is 23.5 Å².